The lowest BCUT2D eigenvalue weighted by molar-refractivity contribution is -0.161. The van der Waals surface area contributed by atoms with E-state index in [1.54, 1.807) is 0 Å². The minimum atomic E-state index is -4.72. The molecule has 0 radical (unpaired) electrons. The highest BCUT2D eigenvalue weighted by Gasteiger charge is 2.28. The highest BCUT2D eigenvalue weighted by Crippen LogP contribution is 2.43. The highest BCUT2D eigenvalue weighted by molar-refractivity contribution is 7.47. The number of allylic oxidation sites excluding steroid dienone is 8. The number of rotatable bonds is 35. The first-order valence-electron chi connectivity index (χ1n) is 19.2. The van der Waals surface area contributed by atoms with Gasteiger partial charge in [-0.25, -0.2) is 4.57 Å². The minimum absolute atomic E-state index is 0.140. The van der Waals surface area contributed by atoms with Crippen LogP contribution >= 0.6 is 7.82 Å². The van der Waals surface area contributed by atoms with Gasteiger partial charge in [-0.05, 0) is 64.2 Å². The standard InChI is InChI=1S/C39H68NO10P/c1-3-5-7-9-11-13-15-17-19-21-23-25-27-29-31-38(42)50-35(33-48-51(45,46)49-34-36(40)39(43)44)32-47-37(41)30-28-26-24-22-20-18-16-14-12-10-8-6-4-2/h8-11,14-17,35-36H,3-7,12-13,18-34,40H2,1-2H3,(H,43,44)(H,45,46)/b10-8-,11-9-,16-14-,17-15-. The van der Waals surface area contributed by atoms with Gasteiger partial charge in [0.1, 0.15) is 12.6 Å². The Morgan fingerprint density at radius 1 is 0.608 bits per heavy atom. The van der Waals surface area contributed by atoms with E-state index in [1.165, 1.54) is 19.3 Å². The molecule has 0 fully saturated rings. The van der Waals surface area contributed by atoms with Gasteiger partial charge in [0.05, 0.1) is 13.2 Å². The van der Waals surface area contributed by atoms with Crippen LogP contribution in [0.5, 0.6) is 0 Å². The number of carboxylic acid groups (broad SMARTS) is 1. The number of phosphoric ester groups is 1. The van der Waals surface area contributed by atoms with Crippen LogP contribution in [0.2, 0.25) is 0 Å². The molecular weight excluding hydrogens is 673 g/mol. The van der Waals surface area contributed by atoms with E-state index in [-0.39, 0.29) is 19.4 Å². The number of aliphatic carboxylic acids is 1. The summed E-state index contributed by atoms with van der Waals surface area (Å²) in [7, 11) is -4.72. The van der Waals surface area contributed by atoms with E-state index >= 15 is 0 Å². The lowest BCUT2D eigenvalue weighted by Gasteiger charge is -2.20. The molecule has 0 aliphatic carbocycles. The van der Waals surface area contributed by atoms with Crippen molar-refractivity contribution < 1.29 is 47.5 Å². The van der Waals surface area contributed by atoms with E-state index in [1.807, 2.05) is 0 Å². The van der Waals surface area contributed by atoms with Crippen molar-refractivity contribution in [3.63, 3.8) is 0 Å². The molecule has 0 heterocycles. The summed E-state index contributed by atoms with van der Waals surface area (Å²) in [6.45, 7) is 2.64. The Morgan fingerprint density at radius 3 is 1.61 bits per heavy atom. The smallest absolute Gasteiger partial charge is 0.472 e. The molecule has 0 aliphatic rings. The second kappa shape index (κ2) is 34.5. The summed E-state index contributed by atoms with van der Waals surface area (Å²) < 4.78 is 32.5. The van der Waals surface area contributed by atoms with Gasteiger partial charge in [-0.3, -0.25) is 23.4 Å². The predicted octanol–water partition coefficient (Wildman–Crippen LogP) is 9.44. The van der Waals surface area contributed by atoms with Crippen LogP contribution in [-0.2, 0) is 37.5 Å². The zero-order chi connectivity index (χ0) is 37.8. The Kier molecular flexibility index (Phi) is 32.8. The zero-order valence-corrected chi connectivity index (χ0v) is 32.3. The molecular formula is C39H68NO10P. The molecule has 0 saturated heterocycles. The molecule has 0 amide bonds. The van der Waals surface area contributed by atoms with Crippen molar-refractivity contribution in [1.29, 1.82) is 0 Å². The summed E-state index contributed by atoms with van der Waals surface area (Å²) in [6, 6.07) is -1.53. The van der Waals surface area contributed by atoms with Crippen molar-refractivity contribution in [1.82, 2.24) is 0 Å². The third-order valence-electron chi connectivity index (χ3n) is 7.78. The van der Waals surface area contributed by atoms with Gasteiger partial charge in [0.15, 0.2) is 6.10 Å². The molecule has 4 N–H and O–H groups in total. The van der Waals surface area contributed by atoms with Crippen molar-refractivity contribution in [2.24, 2.45) is 5.73 Å². The molecule has 12 heteroatoms. The summed E-state index contributed by atoms with van der Waals surface area (Å²) in [5.41, 5.74) is 5.31. The number of ether oxygens (including phenoxy) is 2. The number of esters is 2. The molecule has 0 aromatic carbocycles. The molecule has 3 atom stereocenters. The van der Waals surface area contributed by atoms with Gasteiger partial charge in [0, 0.05) is 12.8 Å². The fourth-order valence-electron chi connectivity index (χ4n) is 4.71. The van der Waals surface area contributed by atoms with E-state index < -0.39 is 51.1 Å². The van der Waals surface area contributed by atoms with Gasteiger partial charge in [-0.2, -0.15) is 0 Å². The number of carboxylic acids is 1. The van der Waals surface area contributed by atoms with Crippen LogP contribution in [0.4, 0.5) is 0 Å². The van der Waals surface area contributed by atoms with E-state index in [9.17, 15) is 23.8 Å². The molecule has 294 valence electrons. The van der Waals surface area contributed by atoms with Crippen molar-refractivity contribution >= 4 is 25.7 Å². The molecule has 0 aromatic heterocycles. The Hall–Kier alpha value is -2.56. The van der Waals surface area contributed by atoms with Crippen LogP contribution < -0.4 is 5.73 Å². The van der Waals surface area contributed by atoms with E-state index in [2.05, 4.69) is 67.0 Å². The van der Waals surface area contributed by atoms with Crippen LogP contribution in [-0.4, -0.2) is 59.9 Å². The first-order valence-corrected chi connectivity index (χ1v) is 20.7. The molecule has 0 aromatic rings. The third-order valence-corrected chi connectivity index (χ3v) is 8.73. The van der Waals surface area contributed by atoms with E-state index in [4.69, 9.17) is 24.8 Å². The van der Waals surface area contributed by atoms with Crippen LogP contribution in [0.1, 0.15) is 149 Å². The Bertz CT molecular complexity index is 1060. The van der Waals surface area contributed by atoms with Crippen LogP contribution in [0.15, 0.2) is 48.6 Å². The summed E-state index contributed by atoms with van der Waals surface area (Å²) >= 11 is 0. The summed E-state index contributed by atoms with van der Waals surface area (Å²) in [6.07, 6.45) is 36.1. The molecule has 11 nitrogen and oxygen atoms in total. The number of phosphoric acid groups is 1. The monoisotopic (exact) mass is 741 g/mol. The molecule has 0 saturated carbocycles. The second-order valence-electron chi connectivity index (χ2n) is 12.7. The maximum atomic E-state index is 12.6. The topological polar surface area (TPSA) is 172 Å². The second-order valence-corrected chi connectivity index (χ2v) is 14.2. The number of hydrogen-bond donors (Lipinski definition) is 3. The number of carbonyl (C=O) groups excluding carboxylic acids is 2. The summed E-state index contributed by atoms with van der Waals surface area (Å²) in [4.78, 5) is 45.7. The van der Waals surface area contributed by atoms with Crippen LogP contribution in [0.25, 0.3) is 0 Å². The van der Waals surface area contributed by atoms with E-state index in [0.29, 0.717) is 12.8 Å². The SMILES string of the molecule is CCC/C=C\C/C=C\CCCCCCCC(=O)OCC(COP(=O)(O)OCC(N)C(=O)O)OC(=O)CCCCCCC/C=C\C/C=C\CCCC. The van der Waals surface area contributed by atoms with Gasteiger partial charge < -0.3 is 25.2 Å². The molecule has 0 aliphatic heterocycles. The first-order chi connectivity index (χ1) is 24.6. The zero-order valence-electron chi connectivity index (χ0n) is 31.4. The average molecular weight is 742 g/mol. The number of carbonyl (C=O) groups is 3. The molecule has 3 unspecified atom stereocenters. The lowest BCUT2D eigenvalue weighted by Crippen LogP contribution is -2.34. The number of nitrogens with two attached hydrogens (primary N) is 1. The fraction of sp³-hybridized carbons (Fsp3) is 0.718. The normalized spacial score (nSPS) is 14.4. The lowest BCUT2D eigenvalue weighted by atomic mass is 10.1. The Balaban J connectivity index is 4.50. The molecule has 51 heavy (non-hydrogen) atoms. The third kappa shape index (κ3) is 34.3. The maximum absolute atomic E-state index is 12.6. The first kappa shape index (κ1) is 48.4. The molecule has 0 bridgehead atoms. The Morgan fingerprint density at radius 2 is 1.08 bits per heavy atom. The van der Waals surface area contributed by atoms with Gasteiger partial charge in [0.25, 0.3) is 0 Å². The van der Waals surface area contributed by atoms with Gasteiger partial charge in [-0.1, -0.05) is 120 Å². The van der Waals surface area contributed by atoms with Gasteiger partial charge in [-0.15, -0.1) is 0 Å². The fourth-order valence-corrected chi connectivity index (χ4v) is 5.48. The van der Waals surface area contributed by atoms with Crippen LogP contribution in [0, 0.1) is 0 Å². The maximum Gasteiger partial charge on any atom is 0.472 e. The quantitative estimate of drug-likeness (QED) is 0.0244. The van der Waals surface area contributed by atoms with Crippen molar-refractivity contribution in [2.75, 3.05) is 19.8 Å². The van der Waals surface area contributed by atoms with Crippen LogP contribution in [0.3, 0.4) is 0 Å². The van der Waals surface area contributed by atoms with E-state index in [0.717, 1.165) is 89.9 Å². The number of hydrogen-bond acceptors (Lipinski definition) is 9. The summed E-state index contributed by atoms with van der Waals surface area (Å²) in [5.74, 6) is -2.42. The van der Waals surface area contributed by atoms with Crippen molar-refractivity contribution in [2.45, 2.75) is 161 Å². The Labute approximate surface area is 307 Å². The molecule has 0 spiro atoms. The highest BCUT2D eigenvalue weighted by atomic mass is 31.2. The summed E-state index contributed by atoms with van der Waals surface area (Å²) in [5, 5.41) is 8.86. The number of unbranched alkanes of at least 4 members (excludes halogenated alkanes) is 13. The van der Waals surface area contributed by atoms with Crippen molar-refractivity contribution in [3.05, 3.63) is 48.6 Å². The van der Waals surface area contributed by atoms with Gasteiger partial charge in [0.2, 0.25) is 0 Å². The minimum Gasteiger partial charge on any atom is -0.480 e. The predicted molar refractivity (Wildman–Crippen MR) is 203 cm³/mol. The largest absolute Gasteiger partial charge is 0.480 e. The van der Waals surface area contributed by atoms with Gasteiger partial charge >= 0.3 is 25.7 Å². The average Bonchev–Trinajstić information content (AvgIpc) is 3.10. The molecule has 0 rings (SSSR count). The van der Waals surface area contributed by atoms with Crippen molar-refractivity contribution in [3.8, 4) is 0 Å².